The molecule has 1 heterocycles. The SMILES string of the molecule is CCCNC(COC)Cc1nc(CC(C)C)no1. The first-order valence-electron chi connectivity index (χ1n) is 6.69. The lowest BCUT2D eigenvalue weighted by atomic mass is 10.1. The van der Waals surface area contributed by atoms with E-state index in [1.54, 1.807) is 7.11 Å². The summed E-state index contributed by atoms with van der Waals surface area (Å²) in [5.41, 5.74) is 0. The van der Waals surface area contributed by atoms with Crippen molar-refractivity contribution in [3.8, 4) is 0 Å². The van der Waals surface area contributed by atoms with E-state index in [2.05, 4.69) is 36.2 Å². The van der Waals surface area contributed by atoms with Crippen LogP contribution in [0.25, 0.3) is 0 Å². The molecule has 1 atom stereocenters. The van der Waals surface area contributed by atoms with E-state index in [1.807, 2.05) is 0 Å². The molecule has 0 saturated heterocycles. The first kappa shape index (κ1) is 15.1. The van der Waals surface area contributed by atoms with Crippen LogP contribution in [0.3, 0.4) is 0 Å². The van der Waals surface area contributed by atoms with Gasteiger partial charge in [0.1, 0.15) is 0 Å². The number of ether oxygens (including phenoxy) is 1. The molecule has 5 heteroatoms. The van der Waals surface area contributed by atoms with Gasteiger partial charge in [0.25, 0.3) is 0 Å². The van der Waals surface area contributed by atoms with Crippen molar-refractivity contribution in [3.63, 3.8) is 0 Å². The second kappa shape index (κ2) is 8.21. The molecule has 0 saturated carbocycles. The zero-order valence-corrected chi connectivity index (χ0v) is 11.9. The third kappa shape index (κ3) is 5.60. The second-order valence-electron chi connectivity index (χ2n) is 5.01. The van der Waals surface area contributed by atoms with Gasteiger partial charge in [-0.3, -0.25) is 0 Å². The van der Waals surface area contributed by atoms with E-state index in [4.69, 9.17) is 9.26 Å². The predicted octanol–water partition coefficient (Wildman–Crippen LogP) is 1.83. The maximum absolute atomic E-state index is 5.27. The van der Waals surface area contributed by atoms with Gasteiger partial charge in [-0.15, -0.1) is 0 Å². The Labute approximate surface area is 109 Å². The quantitative estimate of drug-likeness (QED) is 0.729. The van der Waals surface area contributed by atoms with Gasteiger partial charge in [-0.1, -0.05) is 25.9 Å². The molecule has 0 bridgehead atoms. The van der Waals surface area contributed by atoms with Crippen molar-refractivity contribution in [1.82, 2.24) is 15.5 Å². The Morgan fingerprint density at radius 3 is 2.72 bits per heavy atom. The van der Waals surface area contributed by atoms with Crippen LogP contribution in [0.4, 0.5) is 0 Å². The van der Waals surface area contributed by atoms with Gasteiger partial charge in [0, 0.05) is 26.0 Å². The Kier molecular flexibility index (Phi) is 6.90. The molecule has 0 radical (unpaired) electrons. The Hall–Kier alpha value is -0.940. The maximum atomic E-state index is 5.27. The average Bonchev–Trinajstić information content (AvgIpc) is 2.72. The van der Waals surface area contributed by atoms with Crippen molar-refractivity contribution in [2.24, 2.45) is 5.92 Å². The van der Waals surface area contributed by atoms with Crippen LogP contribution in [0.2, 0.25) is 0 Å². The monoisotopic (exact) mass is 255 g/mol. The maximum Gasteiger partial charge on any atom is 0.228 e. The third-order valence-electron chi connectivity index (χ3n) is 2.57. The molecule has 0 amide bonds. The van der Waals surface area contributed by atoms with Crippen molar-refractivity contribution < 1.29 is 9.26 Å². The summed E-state index contributed by atoms with van der Waals surface area (Å²) < 4.78 is 10.5. The molecule has 5 nitrogen and oxygen atoms in total. The summed E-state index contributed by atoms with van der Waals surface area (Å²) in [5.74, 6) is 2.03. The number of nitrogens with one attached hydrogen (secondary N) is 1. The van der Waals surface area contributed by atoms with E-state index in [1.165, 1.54) is 0 Å². The van der Waals surface area contributed by atoms with E-state index >= 15 is 0 Å². The molecule has 104 valence electrons. The third-order valence-corrected chi connectivity index (χ3v) is 2.57. The first-order chi connectivity index (χ1) is 8.65. The number of hydrogen-bond donors (Lipinski definition) is 1. The van der Waals surface area contributed by atoms with E-state index in [9.17, 15) is 0 Å². The standard InChI is InChI=1S/C13H25N3O2/c1-5-6-14-11(9-17-4)8-13-15-12(16-18-13)7-10(2)3/h10-11,14H,5-9H2,1-4H3. The summed E-state index contributed by atoms with van der Waals surface area (Å²) in [5, 5.41) is 7.41. The molecular formula is C13H25N3O2. The highest BCUT2D eigenvalue weighted by Gasteiger charge is 2.14. The van der Waals surface area contributed by atoms with Crippen LogP contribution < -0.4 is 5.32 Å². The molecule has 18 heavy (non-hydrogen) atoms. The highest BCUT2D eigenvalue weighted by atomic mass is 16.5. The minimum Gasteiger partial charge on any atom is -0.383 e. The molecule has 1 unspecified atom stereocenters. The zero-order valence-electron chi connectivity index (χ0n) is 11.9. The molecule has 0 spiro atoms. The number of nitrogens with zero attached hydrogens (tertiary/aromatic N) is 2. The van der Waals surface area contributed by atoms with Crippen LogP contribution in [0.1, 0.15) is 38.9 Å². The van der Waals surface area contributed by atoms with Gasteiger partial charge in [-0.2, -0.15) is 4.98 Å². The summed E-state index contributed by atoms with van der Waals surface area (Å²) in [4.78, 5) is 4.41. The van der Waals surface area contributed by atoms with Gasteiger partial charge >= 0.3 is 0 Å². The van der Waals surface area contributed by atoms with Crippen LogP contribution in [-0.4, -0.2) is 36.4 Å². The van der Waals surface area contributed by atoms with Gasteiger partial charge in [0.2, 0.25) is 5.89 Å². The number of aromatic nitrogens is 2. The van der Waals surface area contributed by atoms with Crippen molar-refractivity contribution in [2.75, 3.05) is 20.3 Å². The molecule has 0 fully saturated rings. The minimum absolute atomic E-state index is 0.238. The average molecular weight is 255 g/mol. The van der Waals surface area contributed by atoms with Gasteiger partial charge < -0.3 is 14.6 Å². The number of rotatable bonds is 9. The highest BCUT2D eigenvalue weighted by Crippen LogP contribution is 2.06. The number of hydrogen-bond acceptors (Lipinski definition) is 5. The van der Waals surface area contributed by atoms with Gasteiger partial charge in [0.05, 0.1) is 6.61 Å². The fourth-order valence-electron chi connectivity index (χ4n) is 1.77. The first-order valence-corrected chi connectivity index (χ1v) is 6.69. The lowest BCUT2D eigenvalue weighted by Gasteiger charge is -2.15. The molecule has 0 aliphatic rings. The Balaban J connectivity index is 2.49. The van der Waals surface area contributed by atoms with Crippen molar-refractivity contribution in [2.45, 2.75) is 46.1 Å². The fraction of sp³-hybridized carbons (Fsp3) is 0.846. The molecular weight excluding hydrogens is 230 g/mol. The summed E-state index contributed by atoms with van der Waals surface area (Å²) in [7, 11) is 1.71. The van der Waals surface area contributed by atoms with E-state index < -0.39 is 0 Å². The fourth-order valence-corrected chi connectivity index (χ4v) is 1.77. The second-order valence-corrected chi connectivity index (χ2v) is 5.01. The van der Waals surface area contributed by atoms with Crippen LogP contribution in [0.5, 0.6) is 0 Å². The molecule has 1 aromatic rings. The normalized spacial score (nSPS) is 13.2. The predicted molar refractivity (Wildman–Crippen MR) is 70.5 cm³/mol. The van der Waals surface area contributed by atoms with Crippen LogP contribution in [-0.2, 0) is 17.6 Å². The Bertz CT molecular complexity index is 326. The molecule has 1 aromatic heterocycles. The zero-order chi connectivity index (χ0) is 13.4. The van der Waals surface area contributed by atoms with E-state index in [0.29, 0.717) is 18.4 Å². The lowest BCUT2D eigenvalue weighted by molar-refractivity contribution is 0.161. The smallest absolute Gasteiger partial charge is 0.228 e. The van der Waals surface area contributed by atoms with Crippen molar-refractivity contribution in [1.29, 1.82) is 0 Å². The summed E-state index contributed by atoms with van der Waals surface area (Å²) in [6.07, 6.45) is 2.68. The minimum atomic E-state index is 0.238. The van der Waals surface area contributed by atoms with E-state index in [0.717, 1.165) is 31.6 Å². The Morgan fingerprint density at radius 1 is 1.33 bits per heavy atom. The topological polar surface area (TPSA) is 60.2 Å². The molecule has 0 aliphatic heterocycles. The van der Waals surface area contributed by atoms with Crippen molar-refractivity contribution >= 4 is 0 Å². The molecule has 1 rings (SSSR count). The van der Waals surface area contributed by atoms with Crippen molar-refractivity contribution in [3.05, 3.63) is 11.7 Å². The van der Waals surface area contributed by atoms with Crippen LogP contribution >= 0.6 is 0 Å². The number of methoxy groups -OCH3 is 1. The van der Waals surface area contributed by atoms with Gasteiger partial charge in [0.15, 0.2) is 5.82 Å². The summed E-state index contributed by atoms with van der Waals surface area (Å²) in [6, 6.07) is 0.238. The van der Waals surface area contributed by atoms with E-state index in [-0.39, 0.29) is 6.04 Å². The molecule has 1 N–H and O–H groups in total. The lowest BCUT2D eigenvalue weighted by Crippen LogP contribution is -2.35. The highest BCUT2D eigenvalue weighted by molar-refractivity contribution is 4.90. The van der Waals surface area contributed by atoms with Gasteiger partial charge in [-0.05, 0) is 18.9 Å². The van der Waals surface area contributed by atoms with Crippen LogP contribution in [0, 0.1) is 5.92 Å². The summed E-state index contributed by atoms with van der Waals surface area (Å²) >= 11 is 0. The van der Waals surface area contributed by atoms with Gasteiger partial charge in [-0.25, -0.2) is 0 Å². The largest absolute Gasteiger partial charge is 0.383 e. The Morgan fingerprint density at radius 2 is 2.11 bits per heavy atom. The van der Waals surface area contributed by atoms with Crippen LogP contribution in [0.15, 0.2) is 4.52 Å². The molecule has 0 aromatic carbocycles. The molecule has 0 aliphatic carbocycles. The summed E-state index contributed by atoms with van der Waals surface area (Å²) in [6.45, 7) is 8.06.